The monoisotopic (exact) mass is 290 g/mol. The van der Waals surface area contributed by atoms with Crippen LogP contribution in [-0.4, -0.2) is 39.0 Å². The molecule has 3 rings (SSSR count). The van der Waals surface area contributed by atoms with Crippen molar-refractivity contribution < 1.29 is 0 Å². The van der Waals surface area contributed by atoms with E-state index in [0.29, 0.717) is 17.1 Å². The van der Waals surface area contributed by atoms with Crippen LogP contribution in [0.3, 0.4) is 0 Å². The Labute approximate surface area is 123 Å². The summed E-state index contributed by atoms with van der Waals surface area (Å²) in [7, 11) is 0. The predicted octanol–water partition coefficient (Wildman–Crippen LogP) is 3.37. The van der Waals surface area contributed by atoms with E-state index in [9.17, 15) is 0 Å². The van der Waals surface area contributed by atoms with Crippen molar-refractivity contribution in [2.45, 2.75) is 31.7 Å². The van der Waals surface area contributed by atoms with Crippen LogP contribution in [0, 0.1) is 0 Å². The second-order valence-electron chi connectivity index (χ2n) is 5.42. The molecule has 0 aliphatic carbocycles. The van der Waals surface area contributed by atoms with E-state index in [4.69, 9.17) is 11.6 Å². The Balaban J connectivity index is 1.82. The maximum atomic E-state index is 6.23. The van der Waals surface area contributed by atoms with Gasteiger partial charge in [-0.1, -0.05) is 17.7 Å². The van der Waals surface area contributed by atoms with Gasteiger partial charge in [0.2, 0.25) is 0 Å². The van der Waals surface area contributed by atoms with E-state index in [1.165, 1.54) is 11.9 Å². The average molecular weight is 291 g/mol. The molecule has 2 aromatic heterocycles. The Kier molecular flexibility index (Phi) is 3.76. The van der Waals surface area contributed by atoms with Gasteiger partial charge in [-0.3, -0.25) is 4.90 Å². The van der Waals surface area contributed by atoms with E-state index in [-0.39, 0.29) is 0 Å². The first kappa shape index (κ1) is 13.6. The Hall–Kier alpha value is -1.39. The number of likely N-dealkylation sites (tertiary alicyclic amines) is 1. The summed E-state index contributed by atoms with van der Waals surface area (Å²) in [5.41, 5.74) is 2.10. The summed E-state index contributed by atoms with van der Waals surface area (Å²) < 4.78 is 0. The van der Waals surface area contributed by atoms with Crippen LogP contribution in [0.2, 0.25) is 5.15 Å². The van der Waals surface area contributed by atoms with E-state index in [1.807, 2.05) is 12.3 Å². The molecule has 0 aromatic carbocycles. The van der Waals surface area contributed by atoms with Crippen molar-refractivity contribution in [3.05, 3.63) is 35.9 Å². The van der Waals surface area contributed by atoms with Gasteiger partial charge in [0.15, 0.2) is 0 Å². The van der Waals surface area contributed by atoms with Crippen molar-refractivity contribution in [3.8, 4) is 0 Å². The molecule has 4 nitrogen and oxygen atoms in total. The molecular weight excluding hydrogens is 272 g/mol. The smallest absolute Gasteiger partial charge is 0.142 e. The highest BCUT2D eigenvalue weighted by atomic mass is 35.5. The number of piperidine rings is 1. The SMILES string of the molecule is C=CC(C)N1CCC(c2c[nH]c3ncnc(Cl)c23)CC1. The quantitative estimate of drug-likeness (QED) is 0.696. The zero-order valence-electron chi connectivity index (χ0n) is 11.6. The van der Waals surface area contributed by atoms with Crippen molar-refractivity contribution in [2.75, 3.05) is 13.1 Å². The standard InChI is InChI=1S/C15H19ClN4/c1-3-10(2)20-6-4-11(5-7-20)12-8-17-15-13(12)14(16)18-9-19-15/h3,8-11H,1,4-7H2,2H3,(H,17,18,19). The number of H-pyrrole nitrogens is 1. The van der Waals surface area contributed by atoms with Gasteiger partial charge in [0, 0.05) is 12.2 Å². The molecule has 1 aliphatic heterocycles. The first-order valence-electron chi connectivity index (χ1n) is 7.04. The van der Waals surface area contributed by atoms with Gasteiger partial charge >= 0.3 is 0 Å². The van der Waals surface area contributed by atoms with Crippen molar-refractivity contribution in [2.24, 2.45) is 0 Å². The van der Waals surface area contributed by atoms with Gasteiger partial charge in [-0.2, -0.15) is 0 Å². The zero-order valence-corrected chi connectivity index (χ0v) is 12.4. The van der Waals surface area contributed by atoms with Crippen LogP contribution in [0.25, 0.3) is 11.0 Å². The van der Waals surface area contributed by atoms with Gasteiger partial charge in [0.25, 0.3) is 0 Å². The van der Waals surface area contributed by atoms with E-state index in [0.717, 1.165) is 37.0 Å². The lowest BCUT2D eigenvalue weighted by Gasteiger charge is -2.34. The molecule has 1 unspecified atom stereocenters. The average Bonchev–Trinajstić information content (AvgIpc) is 2.92. The van der Waals surface area contributed by atoms with Crippen LogP contribution < -0.4 is 0 Å². The Bertz CT molecular complexity index is 613. The van der Waals surface area contributed by atoms with E-state index in [2.05, 4.69) is 33.4 Å². The van der Waals surface area contributed by atoms with Crippen LogP contribution in [0.5, 0.6) is 0 Å². The van der Waals surface area contributed by atoms with Crippen LogP contribution in [0.1, 0.15) is 31.2 Å². The number of hydrogen-bond donors (Lipinski definition) is 1. The molecule has 0 bridgehead atoms. The molecule has 1 N–H and O–H groups in total. The molecule has 0 radical (unpaired) electrons. The predicted molar refractivity (Wildman–Crippen MR) is 82.1 cm³/mol. The molecule has 3 heterocycles. The van der Waals surface area contributed by atoms with Gasteiger partial charge in [-0.25, -0.2) is 9.97 Å². The topological polar surface area (TPSA) is 44.8 Å². The molecule has 20 heavy (non-hydrogen) atoms. The highest BCUT2D eigenvalue weighted by Gasteiger charge is 2.25. The summed E-state index contributed by atoms with van der Waals surface area (Å²) in [4.78, 5) is 14.0. The van der Waals surface area contributed by atoms with Gasteiger partial charge in [0.1, 0.15) is 17.1 Å². The van der Waals surface area contributed by atoms with Crippen molar-refractivity contribution in [3.63, 3.8) is 0 Å². The summed E-state index contributed by atoms with van der Waals surface area (Å²) in [6, 6.07) is 0.450. The summed E-state index contributed by atoms with van der Waals surface area (Å²) in [6.07, 6.45) is 7.82. The zero-order chi connectivity index (χ0) is 14.1. The molecular formula is C15H19ClN4. The Morgan fingerprint density at radius 3 is 2.90 bits per heavy atom. The lowest BCUT2D eigenvalue weighted by Crippen LogP contribution is -2.38. The van der Waals surface area contributed by atoms with E-state index in [1.54, 1.807) is 0 Å². The Morgan fingerprint density at radius 2 is 2.20 bits per heavy atom. The summed E-state index contributed by atoms with van der Waals surface area (Å²) in [6.45, 7) is 8.26. The fraction of sp³-hybridized carbons (Fsp3) is 0.467. The van der Waals surface area contributed by atoms with Crippen LogP contribution in [0.4, 0.5) is 0 Å². The van der Waals surface area contributed by atoms with Gasteiger partial charge < -0.3 is 4.98 Å². The number of rotatable bonds is 3. The van der Waals surface area contributed by atoms with Crippen molar-refractivity contribution in [1.82, 2.24) is 19.9 Å². The molecule has 1 aliphatic rings. The van der Waals surface area contributed by atoms with Crippen molar-refractivity contribution >= 4 is 22.6 Å². The highest BCUT2D eigenvalue weighted by Crippen LogP contribution is 2.35. The second-order valence-corrected chi connectivity index (χ2v) is 5.78. The number of fused-ring (bicyclic) bond motifs is 1. The molecule has 0 amide bonds. The number of nitrogens with zero attached hydrogens (tertiary/aromatic N) is 3. The van der Waals surface area contributed by atoms with Crippen molar-refractivity contribution in [1.29, 1.82) is 0 Å². The molecule has 1 atom stereocenters. The number of aromatic amines is 1. The summed E-state index contributed by atoms with van der Waals surface area (Å²) in [5.74, 6) is 0.528. The minimum absolute atomic E-state index is 0.450. The highest BCUT2D eigenvalue weighted by molar-refractivity contribution is 6.34. The first-order chi connectivity index (χ1) is 9.70. The minimum atomic E-state index is 0.450. The first-order valence-corrected chi connectivity index (χ1v) is 7.42. The third kappa shape index (κ3) is 2.34. The van der Waals surface area contributed by atoms with Gasteiger partial charge in [-0.05, 0) is 44.3 Å². The molecule has 106 valence electrons. The number of hydrogen-bond acceptors (Lipinski definition) is 3. The molecule has 5 heteroatoms. The largest absolute Gasteiger partial charge is 0.346 e. The van der Waals surface area contributed by atoms with E-state index >= 15 is 0 Å². The van der Waals surface area contributed by atoms with Gasteiger partial charge in [-0.15, -0.1) is 6.58 Å². The van der Waals surface area contributed by atoms with E-state index < -0.39 is 0 Å². The molecule has 2 aromatic rings. The maximum Gasteiger partial charge on any atom is 0.142 e. The number of halogens is 1. The van der Waals surface area contributed by atoms with Crippen LogP contribution in [0.15, 0.2) is 25.2 Å². The second kappa shape index (κ2) is 5.54. The lowest BCUT2D eigenvalue weighted by molar-refractivity contribution is 0.187. The Morgan fingerprint density at radius 1 is 1.45 bits per heavy atom. The number of nitrogens with one attached hydrogen (secondary N) is 1. The molecule has 0 saturated carbocycles. The molecule has 1 fully saturated rings. The summed E-state index contributed by atoms with van der Waals surface area (Å²) >= 11 is 6.23. The lowest BCUT2D eigenvalue weighted by atomic mass is 9.89. The van der Waals surface area contributed by atoms with Gasteiger partial charge in [0.05, 0.1) is 5.39 Å². The fourth-order valence-electron chi connectivity index (χ4n) is 3.04. The third-order valence-electron chi connectivity index (χ3n) is 4.34. The molecule has 1 saturated heterocycles. The molecule has 0 spiro atoms. The normalized spacial score (nSPS) is 19.3. The maximum absolute atomic E-state index is 6.23. The van der Waals surface area contributed by atoms with Crippen LogP contribution in [-0.2, 0) is 0 Å². The third-order valence-corrected chi connectivity index (χ3v) is 4.63. The summed E-state index contributed by atoms with van der Waals surface area (Å²) in [5, 5.41) is 1.54. The number of aromatic nitrogens is 3. The minimum Gasteiger partial charge on any atom is -0.346 e. The fourth-order valence-corrected chi connectivity index (χ4v) is 3.28. The van der Waals surface area contributed by atoms with Crippen LogP contribution >= 0.6 is 11.6 Å².